The zero-order chi connectivity index (χ0) is 16.2. The molecule has 0 aliphatic carbocycles. The molecule has 0 fully saturated rings. The third kappa shape index (κ3) is 3.25. The number of hydrogen-bond donors (Lipinski definition) is 2. The first kappa shape index (κ1) is 14.9. The fourth-order valence-corrected chi connectivity index (χ4v) is 2.25. The molecule has 0 saturated heterocycles. The van der Waals surface area contributed by atoms with Gasteiger partial charge in [-0.15, -0.1) is 0 Å². The van der Waals surface area contributed by atoms with Crippen molar-refractivity contribution in [3.8, 4) is 11.4 Å². The van der Waals surface area contributed by atoms with E-state index in [0.29, 0.717) is 11.6 Å². The minimum absolute atomic E-state index is 0.104. The quantitative estimate of drug-likeness (QED) is 0.738. The number of H-pyrrole nitrogens is 1. The summed E-state index contributed by atoms with van der Waals surface area (Å²) in [6.45, 7) is 3.98. The molecule has 0 aliphatic heterocycles. The van der Waals surface area contributed by atoms with E-state index < -0.39 is 0 Å². The number of rotatable bonds is 5. The second-order valence-electron chi connectivity index (χ2n) is 5.12. The second kappa shape index (κ2) is 6.39. The molecular weight excluding hydrogens is 294 g/mol. The van der Waals surface area contributed by atoms with Gasteiger partial charge in [-0.05, 0) is 26.0 Å². The van der Waals surface area contributed by atoms with Crippen LogP contribution in [0.2, 0.25) is 0 Å². The first-order valence-electron chi connectivity index (χ1n) is 7.24. The number of amides is 1. The van der Waals surface area contributed by atoms with E-state index in [1.165, 1.54) is 0 Å². The zero-order valence-corrected chi connectivity index (χ0v) is 12.9. The number of nitrogens with one attached hydrogen (secondary N) is 2. The molecule has 8 nitrogen and oxygen atoms in total. The summed E-state index contributed by atoms with van der Waals surface area (Å²) in [6.07, 6.45) is 6.83. The molecule has 23 heavy (non-hydrogen) atoms. The number of aromatic amines is 1. The highest BCUT2D eigenvalue weighted by molar-refractivity contribution is 5.79. The molecule has 3 rings (SSSR count). The van der Waals surface area contributed by atoms with Crippen LogP contribution in [0.1, 0.15) is 24.6 Å². The monoisotopic (exact) mass is 311 g/mol. The predicted molar refractivity (Wildman–Crippen MR) is 83.1 cm³/mol. The molecule has 0 bridgehead atoms. The Morgan fingerprint density at radius 1 is 1.35 bits per heavy atom. The summed E-state index contributed by atoms with van der Waals surface area (Å²) in [7, 11) is 0. The van der Waals surface area contributed by atoms with Crippen LogP contribution in [0.25, 0.3) is 11.4 Å². The number of carbonyl (C=O) groups is 1. The lowest BCUT2D eigenvalue weighted by atomic mass is 10.2. The maximum atomic E-state index is 12.2. The lowest BCUT2D eigenvalue weighted by molar-refractivity contribution is -0.124. The van der Waals surface area contributed by atoms with Crippen LogP contribution in [0.5, 0.6) is 0 Å². The van der Waals surface area contributed by atoms with E-state index in [4.69, 9.17) is 0 Å². The number of hydrogen-bond acceptors (Lipinski definition) is 5. The Kier molecular flexibility index (Phi) is 4.13. The van der Waals surface area contributed by atoms with Crippen molar-refractivity contribution in [2.24, 2.45) is 0 Å². The van der Waals surface area contributed by atoms with Crippen molar-refractivity contribution in [3.05, 3.63) is 48.6 Å². The molecule has 0 spiro atoms. The molecular formula is C15H17N7O. The fourth-order valence-electron chi connectivity index (χ4n) is 2.25. The lowest BCUT2D eigenvalue weighted by Crippen LogP contribution is -2.31. The van der Waals surface area contributed by atoms with Gasteiger partial charge >= 0.3 is 0 Å². The Morgan fingerprint density at radius 2 is 2.13 bits per heavy atom. The number of pyridine rings is 1. The van der Waals surface area contributed by atoms with E-state index >= 15 is 0 Å². The van der Waals surface area contributed by atoms with Crippen LogP contribution in [0, 0.1) is 6.92 Å². The van der Waals surface area contributed by atoms with E-state index in [1.54, 1.807) is 24.8 Å². The first-order chi connectivity index (χ1) is 11.1. The highest BCUT2D eigenvalue weighted by atomic mass is 16.2. The number of nitrogens with zero attached hydrogens (tertiary/aromatic N) is 5. The molecule has 0 aromatic carbocycles. The van der Waals surface area contributed by atoms with Crippen molar-refractivity contribution >= 4 is 5.91 Å². The van der Waals surface area contributed by atoms with E-state index in [0.717, 1.165) is 11.4 Å². The van der Waals surface area contributed by atoms with Gasteiger partial charge in [-0.2, -0.15) is 5.10 Å². The SMILES string of the molecule is Cc1nccn1C(C)C(=O)NCc1nc(-c2ccncc2)n[nH]1. The molecule has 1 unspecified atom stereocenters. The number of imidazole rings is 1. The van der Waals surface area contributed by atoms with Gasteiger partial charge in [0.2, 0.25) is 5.91 Å². The van der Waals surface area contributed by atoms with Crippen molar-refractivity contribution in [1.29, 1.82) is 0 Å². The van der Waals surface area contributed by atoms with Crippen LogP contribution in [0.4, 0.5) is 0 Å². The van der Waals surface area contributed by atoms with Gasteiger partial charge in [-0.3, -0.25) is 14.9 Å². The van der Waals surface area contributed by atoms with E-state index in [1.807, 2.05) is 30.5 Å². The summed E-state index contributed by atoms with van der Waals surface area (Å²) in [5.74, 6) is 1.87. The molecule has 2 N–H and O–H groups in total. The number of aromatic nitrogens is 6. The smallest absolute Gasteiger partial charge is 0.243 e. The zero-order valence-electron chi connectivity index (χ0n) is 12.9. The summed E-state index contributed by atoms with van der Waals surface area (Å²) < 4.78 is 1.82. The molecule has 1 atom stereocenters. The molecule has 3 aromatic heterocycles. The maximum absolute atomic E-state index is 12.2. The number of aryl methyl sites for hydroxylation is 1. The molecule has 0 aliphatic rings. The van der Waals surface area contributed by atoms with E-state index in [9.17, 15) is 4.79 Å². The molecule has 1 amide bonds. The van der Waals surface area contributed by atoms with Crippen molar-refractivity contribution in [2.75, 3.05) is 0 Å². The van der Waals surface area contributed by atoms with Gasteiger partial charge in [0.1, 0.15) is 17.7 Å². The first-order valence-corrected chi connectivity index (χ1v) is 7.24. The Balaban J connectivity index is 1.62. The van der Waals surface area contributed by atoms with Crippen molar-refractivity contribution in [3.63, 3.8) is 0 Å². The van der Waals surface area contributed by atoms with E-state index in [-0.39, 0.29) is 18.5 Å². The molecule has 8 heteroatoms. The van der Waals surface area contributed by atoms with Gasteiger partial charge in [0.25, 0.3) is 0 Å². The van der Waals surface area contributed by atoms with Crippen molar-refractivity contribution < 1.29 is 4.79 Å². The van der Waals surface area contributed by atoms with Crippen LogP contribution in [0.15, 0.2) is 36.9 Å². The van der Waals surface area contributed by atoms with Gasteiger partial charge in [0.05, 0.1) is 6.54 Å². The third-order valence-electron chi connectivity index (χ3n) is 3.56. The number of carbonyl (C=O) groups excluding carboxylic acids is 1. The molecule has 118 valence electrons. The maximum Gasteiger partial charge on any atom is 0.243 e. The lowest BCUT2D eigenvalue weighted by Gasteiger charge is -2.14. The molecule has 3 heterocycles. The highest BCUT2D eigenvalue weighted by Gasteiger charge is 2.16. The molecule has 0 radical (unpaired) electrons. The Morgan fingerprint density at radius 3 is 2.83 bits per heavy atom. The molecule has 0 saturated carbocycles. The van der Waals surface area contributed by atoms with Crippen LogP contribution in [-0.2, 0) is 11.3 Å². The van der Waals surface area contributed by atoms with Gasteiger partial charge in [-0.1, -0.05) is 0 Å². The topological polar surface area (TPSA) is 101 Å². The summed E-state index contributed by atoms with van der Waals surface area (Å²) in [4.78, 5) is 24.7. The highest BCUT2D eigenvalue weighted by Crippen LogP contribution is 2.12. The Hall–Kier alpha value is -3.03. The van der Waals surface area contributed by atoms with Crippen LogP contribution in [-0.4, -0.2) is 35.6 Å². The summed E-state index contributed by atoms with van der Waals surface area (Å²) in [5.41, 5.74) is 0.872. The molecule has 3 aromatic rings. The fraction of sp³-hybridized carbons (Fsp3) is 0.267. The van der Waals surface area contributed by atoms with Gasteiger partial charge < -0.3 is 9.88 Å². The van der Waals surface area contributed by atoms with E-state index in [2.05, 4.69) is 30.5 Å². The van der Waals surface area contributed by atoms with Crippen molar-refractivity contribution in [1.82, 2.24) is 35.0 Å². The van der Waals surface area contributed by atoms with Gasteiger partial charge in [0, 0.05) is 30.4 Å². The summed E-state index contributed by atoms with van der Waals surface area (Å²) >= 11 is 0. The van der Waals surface area contributed by atoms with Crippen molar-refractivity contribution in [2.45, 2.75) is 26.4 Å². The average molecular weight is 311 g/mol. The van der Waals surface area contributed by atoms with Crippen LogP contribution < -0.4 is 5.32 Å². The summed E-state index contributed by atoms with van der Waals surface area (Å²) in [5, 5.41) is 9.82. The standard InChI is InChI=1S/C15H17N7O/c1-10(22-8-7-17-11(22)2)15(23)18-9-13-19-14(21-20-13)12-3-5-16-6-4-12/h3-8,10H,9H2,1-2H3,(H,18,23)(H,19,20,21). The Labute approximate surface area is 133 Å². The second-order valence-corrected chi connectivity index (χ2v) is 5.12. The minimum Gasteiger partial charge on any atom is -0.347 e. The van der Waals surface area contributed by atoms with Gasteiger partial charge in [-0.25, -0.2) is 9.97 Å². The normalized spacial score (nSPS) is 12.1. The van der Waals surface area contributed by atoms with Crippen LogP contribution >= 0.6 is 0 Å². The Bertz CT molecular complexity index is 793. The van der Waals surface area contributed by atoms with Crippen LogP contribution in [0.3, 0.4) is 0 Å². The predicted octanol–water partition coefficient (Wildman–Crippen LogP) is 1.25. The largest absolute Gasteiger partial charge is 0.347 e. The third-order valence-corrected chi connectivity index (χ3v) is 3.56. The average Bonchev–Trinajstić information content (AvgIpc) is 3.21. The van der Waals surface area contributed by atoms with Gasteiger partial charge in [0.15, 0.2) is 5.82 Å². The summed E-state index contributed by atoms with van der Waals surface area (Å²) in [6, 6.07) is 3.32. The minimum atomic E-state index is -0.333.